The Morgan fingerprint density at radius 3 is 2.46 bits per heavy atom. The summed E-state index contributed by atoms with van der Waals surface area (Å²) in [5, 5.41) is 5.77. The molecule has 1 aromatic heterocycles. The minimum absolute atomic E-state index is 0.0704. The molecule has 0 unspecified atom stereocenters. The summed E-state index contributed by atoms with van der Waals surface area (Å²) >= 11 is 0. The first-order valence-electron chi connectivity index (χ1n) is 12.4. The number of hydrogen-bond donors (Lipinski definition) is 2. The van der Waals surface area contributed by atoms with Crippen molar-refractivity contribution in [2.75, 3.05) is 63.2 Å². The molecule has 2 N–H and O–H groups in total. The van der Waals surface area contributed by atoms with Crippen molar-refractivity contribution in [1.29, 1.82) is 0 Å². The summed E-state index contributed by atoms with van der Waals surface area (Å²) in [5.41, 5.74) is 1.88. The highest BCUT2D eigenvalue weighted by atomic mass is 16.5. The molecule has 186 valence electrons. The Hall–Kier alpha value is -3.24. The largest absolute Gasteiger partial charge is 0.377 e. The maximum absolute atomic E-state index is 13.4. The molecule has 2 saturated heterocycles. The second-order valence-electron chi connectivity index (χ2n) is 9.60. The number of ether oxygens (including phenoxy) is 1. The van der Waals surface area contributed by atoms with Crippen molar-refractivity contribution >= 4 is 23.4 Å². The summed E-state index contributed by atoms with van der Waals surface area (Å²) in [6, 6.07) is 9.47. The Balaban J connectivity index is 1.41. The van der Waals surface area contributed by atoms with Crippen molar-refractivity contribution < 1.29 is 14.3 Å². The number of piperazine rings is 1. The molecule has 5 rings (SSSR count). The van der Waals surface area contributed by atoms with Crippen LogP contribution in [0.1, 0.15) is 30.3 Å². The molecule has 1 saturated carbocycles. The van der Waals surface area contributed by atoms with Gasteiger partial charge >= 0.3 is 6.03 Å². The van der Waals surface area contributed by atoms with Gasteiger partial charge in [0.2, 0.25) is 0 Å². The topological polar surface area (TPSA) is 103 Å². The van der Waals surface area contributed by atoms with Crippen molar-refractivity contribution in [3.05, 3.63) is 36.0 Å². The van der Waals surface area contributed by atoms with Crippen LogP contribution >= 0.6 is 0 Å². The fraction of sp³-hybridized carbons (Fsp3) is 0.520. The van der Waals surface area contributed by atoms with Gasteiger partial charge in [-0.2, -0.15) is 0 Å². The van der Waals surface area contributed by atoms with E-state index in [0.717, 1.165) is 37.3 Å². The monoisotopic (exact) mass is 479 g/mol. The number of hydrogen-bond acceptors (Lipinski definition) is 7. The van der Waals surface area contributed by atoms with Crippen LogP contribution in [0.5, 0.6) is 0 Å². The number of morpholine rings is 1. The number of anilines is 2. The van der Waals surface area contributed by atoms with Crippen molar-refractivity contribution in [3.8, 4) is 11.4 Å². The average Bonchev–Trinajstić information content (AvgIpc) is 3.68. The van der Waals surface area contributed by atoms with Crippen LogP contribution in [-0.4, -0.2) is 96.8 Å². The molecule has 1 aromatic carbocycles. The smallest absolute Gasteiger partial charge is 0.319 e. The van der Waals surface area contributed by atoms with Crippen molar-refractivity contribution in [3.63, 3.8) is 0 Å². The van der Waals surface area contributed by atoms with Gasteiger partial charge in [-0.25, -0.2) is 14.8 Å². The van der Waals surface area contributed by atoms with Crippen molar-refractivity contribution in [2.45, 2.75) is 31.8 Å². The van der Waals surface area contributed by atoms with Gasteiger partial charge in [0.05, 0.1) is 19.3 Å². The first-order valence-corrected chi connectivity index (χ1v) is 12.4. The van der Waals surface area contributed by atoms with Crippen LogP contribution in [0.15, 0.2) is 30.3 Å². The summed E-state index contributed by atoms with van der Waals surface area (Å²) < 4.78 is 5.60. The summed E-state index contributed by atoms with van der Waals surface area (Å²) in [5.74, 6) is 1.15. The van der Waals surface area contributed by atoms with Gasteiger partial charge < -0.3 is 30.1 Å². The maximum atomic E-state index is 13.4. The van der Waals surface area contributed by atoms with Crippen molar-refractivity contribution in [1.82, 2.24) is 25.1 Å². The van der Waals surface area contributed by atoms with E-state index in [2.05, 4.69) is 39.4 Å². The second-order valence-corrected chi connectivity index (χ2v) is 9.60. The van der Waals surface area contributed by atoms with Gasteiger partial charge in [-0.3, -0.25) is 4.79 Å². The lowest BCUT2D eigenvalue weighted by molar-refractivity contribution is 0.0658. The number of nitrogens with one attached hydrogen (secondary N) is 2. The van der Waals surface area contributed by atoms with E-state index in [1.54, 1.807) is 0 Å². The van der Waals surface area contributed by atoms with Crippen LogP contribution < -0.4 is 15.5 Å². The van der Waals surface area contributed by atoms with Gasteiger partial charge in [-0.1, -0.05) is 0 Å². The molecule has 10 nitrogen and oxygen atoms in total. The molecule has 0 spiro atoms. The maximum Gasteiger partial charge on any atom is 0.319 e. The molecule has 0 bridgehead atoms. The molecular formula is C25H33N7O3. The van der Waals surface area contributed by atoms with E-state index in [-0.39, 0.29) is 18.0 Å². The lowest BCUT2D eigenvalue weighted by atomic mass is 10.1. The number of carbonyl (C=O) groups is 2. The summed E-state index contributed by atoms with van der Waals surface area (Å²) in [6.07, 6.45) is 2.08. The molecule has 1 atom stereocenters. The lowest BCUT2D eigenvalue weighted by Crippen LogP contribution is -2.47. The third kappa shape index (κ3) is 5.71. The van der Waals surface area contributed by atoms with Crippen LogP contribution in [-0.2, 0) is 4.74 Å². The number of nitrogens with zero attached hydrogens (tertiary/aromatic N) is 5. The van der Waals surface area contributed by atoms with Crippen LogP contribution in [0.2, 0.25) is 0 Å². The fourth-order valence-electron chi connectivity index (χ4n) is 4.34. The zero-order valence-corrected chi connectivity index (χ0v) is 20.4. The van der Waals surface area contributed by atoms with Gasteiger partial charge in [0, 0.05) is 56.1 Å². The van der Waals surface area contributed by atoms with Crippen LogP contribution in [0.3, 0.4) is 0 Å². The first-order chi connectivity index (χ1) is 17.0. The third-order valence-electron chi connectivity index (χ3n) is 6.70. The Morgan fingerprint density at radius 2 is 1.77 bits per heavy atom. The van der Waals surface area contributed by atoms with Crippen LogP contribution in [0.4, 0.5) is 16.3 Å². The molecule has 2 aliphatic heterocycles. The van der Waals surface area contributed by atoms with Gasteiger partial charge in [0.1, 0.15) is 11.5 Å². The summed E-state index contributed by atoms with van der Waals surface area (Å²) in [6.45, 7) is 7.09. The molecular weight excluding hydrogens is 446 g/mol. The van der Waals surface area contributed by atoms with E-state index in [4.69, 9.17) is 9.72 Å². The lowest BCUT2D eigenvalue weighted by Gasteiger charge is -2.35. The number of likely N-dealkylation sites (N-methyl/N-ethyl adjacent to an activating group) is 1. The Bertz CT molecular complexity index is 1070. The average molecular weight is 480 g/mol. The SMILES string of the molecule is C[C@H]1COCCN1c1cc(C(=O)N2CCN(C)CC2)nc(-c2ccc(NC(=O)NC3CC3)cc2)n1. The van der Waals surface area contributed by atoms with E-state index in [0.29, 0.717) is 56.1 Å². The van der Waals surface area contributed by atoms with E-state index in [9.17, 15) is 9.59 Å². The summed E-state index contributed by atoms with van der Waals surface area (Å²) in [7, 11) is 2.07. The van der Waals surface area contributed by atoms with E-state index in [1.807, 2.05) is 35.2 Å². The highest BCUT2D eigenvalue weighted by molar-refractivity contribution is 5.94. The standard InChI is InChI=1S/C25H33N7O3/c1-17-16-35-14-13-32(17)22-15-21(24(33)31-11-9-30(2)10-12-31)28-23(29-22)18-3-5-19(6-4-18)26-25(34)27-20-7-8-20/h3-6,15,17,20H,7-14,16H2,1-2H3,(H2,26,27,34)/t17-/m0/s1. The summed E-state index contributed by atoms with van der Waals surface area (Å²) in [4.78, 5) is 41.2. The zero-order chi connectivity index (χ0) is 24.4. The minimum atomic E-state index is -0.195. The number of carbonyl (C=O) groups excluding carboxylic acids is 2. The van der Waals surface area contributed by atoms with E-state index >= 15 is 0 Å². The highest BCUT2D eigenvalue weighted by Crippen LogP contribution is 2.25. The quantitative estimate of drug-likeness (QED) is 0.677. The van der Waals surface area contributed by atoms with Gasteiger partial charge in [0.25, 0.3) is 5.91 Å². The van der Waals surface area contributed by atoms with Crippen LogP contribution in [0, 0.1) is 0 Å². The molecule has 35 heavy (non-hydrogen) atoms. The second kappa shape index (κ2) is 10.2. The zero-order valence-electron chi connectivity index (χ0n) is 20.4. The highest BCUT2D eigenvalue weighted by Gasteiger charge is 2.26. The normalized spacial score (nSPS) is 21.0. The molecule has 3 amide bonds. The number of urea groups is 1. The third-order valence-corrected chi connectivity index (χ3v) is 6.70. The predicted molar refractivity (Wildman–Crippen MR) is 134 cm³/mol. The van der Waals surface area contributed by atoms with Gasteiger partial charge in [0.15, 0.2) is 5.82 Å². The first kappa shape index (κ1) is 23.5. The predicted octanol–water partition coefficient (Wildman–Crippen LogP) is 2.04. The fourth-order valence-corrected chi connectivity index (χ4v) is 4.34. The molecule has 1 aliphatic carbocycles. The number of amides is 3. The Kier molecular flexibility index (Phi) is 6.83. The van der Waals surface area contributed by atoms with Crippen LogP contribution in [0.25, 0.3) is 11.4 Å². The molecule has 3 aliphatic rings. The molecule has 0 radical (unpaired) electrons. The molecule has 2 aromatic rings. The Labute approximate surface area is 205 Å². The Morgan fingerprint density at radius 1 is 1.03 bits per heavy atom. The molecule has 10 heteroatoms. The number of aromatic nitrogens is 2. The molecule has 3 fully saturated rings. The number of rotatable bonds is 5. The number of benzene rings is 1. The molecule has 3 heterocycles. The van der Waals surface area contributed by atoms with E-state index < -0.39 is 0 Å². The van der Waals surface area contributed by atoms with Gasteiger partial charge in [-0.05, 0) is 51.1 Å². The van der Waals surface area contributed by atoms with E-state index in [1.165, 1.54) is 0 Å². The van der Waals surface area contributed by atoms with Crippen molar-refractivity contribution in [2.24, 2.45) is 0 Å². The minimum Gasteiger partial charge on any atom is -0.377 e. The van der Waals surface area contributed by atoms with Gasteiger partial charge in [-0.15, -0.1) is 0 Å².